The van der Waals surface area contributed by atoms with Gasteiger partial charge in [0.1, 0.15) is 0 Å². The summed E-state index contributed by atoms with van der Waals surface area (Å²) >= 11 is 0. The lowest BCUT2D eigenvalue weighted by molar-refractivity contribution is 0.103. The Hall–Kier alpha value is -7.17. The van der Waals surface area contributed by atoms with Crippen LogP contribution in [0, 0.1) is 0 Å². The van der Waals surface area contributed by atoms with Gasteiger partial charge in [-0.05, 0) is 71.8 Å². The minimum Gasteiger partial charge on any atom is -0.309 e. The van der Waals surface area contributed by atoms with Crippen molar-refractivity contribution in [3.63, 3.8) is 0 Å². The minimum absolute atomic E-state index is 0.0782. The van der Waals surface area contributed by atoms with Crippen LogP contribution in [-0.4, -0.2) is 19.5 Å². The van der Waals surface area contributed by atoms with Crippen molar-refractivity contribution in [2.24, 2.45) is 0 Å². The van der Waals surface area contributed by atoms with Gasteiger partial charge < -0.3 is 13.7 Å². The summed E-state index contributed by atoms with van der Waals surface area (Å²) in [7, 11) is 0. The first-order valence-corrected chi connectivity index (χ1v) is 19.3. The van der Waals surface area contributed by atoms with Crippen LogP contribution in [0.3, 0.4) is 0 Å². The third-order valence-electron chi connectivity index (χ3n) is 12.4. The molecule has 12 rings (SSSR count). The van der Waals surface area contributed by atoms with Gasteiger partial charge in [-0.3, -0.25) is 4.79 Å². The van der Waals surface area contributed by atoms with E-state index in [0.717, 1.165) is 61.1 Å². The summed E-state index contributed by atoms with van der Waals surface area (Å²) in [6.07, 6.45) is 0. The van der Waals surface area contributed by atoms with Crippen LogP contribution in [0.15, 0.2) is 176 Å². The molecule has 4 heteroatoms. The molecule has 4 nitrogen and oxygen atoms in total. The fourth-order valence-corrected chi connectivity index (χ4v) is 9.87. The van der Waals surface area contributed by atoms with E-state index < -0.39 is 0 Å². The highest BCUT2D eigenvalue weighted by molar-refractivity contribution is 6.15. The van der Waals surface area contributed by atoms with Gasteiger partial charge >= 0.3 is 0 Å². The average molecular weight is 718 g/mol. The Morgan fingerprint density at radius 3 is 1.20 bits per heavy atom. The molecule has 0 N–H and O–H groups in total. The van der Waals surface area contributed by atoms with Crippen LogP contribution in [0.2, 0.25) is 0 Å². The maximum atomic E-state index is 14.3. The number of fused-ring (bicyclic) bond motifs is 11. The van der Waals surface area contributed by atoms with Gasteiger partial charge in [0, 0.05) is 65.9 Å². The highest BCUT2D eigenvalue weighted by Gasteiger charge is 2.36. The Morgan fingerprint density at radius 1 is 0.339 bits per heavy atom. The summed E-state index contributed by atoms with van der Waals surface area (Å²) in [6.45, 7) is 4.46. The molecule has 0 saturated heterocycles. The van der Waals surface area contributed by atoms with Crippen molar-refractivity contribution in [3.8, 4) is 17.1 Å². The first kappa shape index (κ1) is 31.2. The number of carbonyl (C=O) groups excluding carboxylic acids is 1. The molecule has 1 aliphatic rings. The molecule has 0 bridgehead atoms. The number of ketones is 1. The van der Waals surface area contributed by atoms with Crippen molar-refractivity contribution in [2.75, 3.05) is 0 Å². The van der Waals surface area contributed by atoms with E-state index in [4.69, 9.17) is 0 Å². The van der Waals surface area contributed by atoms with Crippen LogP contribution in [-0.2, 0) is 5.41 Å². The molecule has 0 aliphatic heterocycles. The Labute approximate surface area is 323 Å². The molecule has 3 heterocycles. The summed E-state index contributed by atoms with van der Waals surface area (Å²) in [4.78, 5) is 14.3. The lowest BCUT2D eigenvalue weighted by Crippen LogP contribution is -2.30. The molecule has 0 unspecified atom stereocenters. The van der Waals surface area contributed by atoms with Crippen molar-refractivity contribution in [3.05, 3.63) is 198 Å². The van der Waals surface area contributed by atoms with E-state index >= 15 is 0 Å². The van der Waals surface area contributed by atoms with E-state index in [9.17, 15) is 4.79 Å². The smallest absolute Gasteiger partial charge is 0.193 e. The van der Waals surface area contributed by atoms with Gasteiger partial charge in [0.05, 0.1) is 33.1 Å². The number of hydrogen-bond acceptors (Lipinski definition) is 1. The van der Waals surface area contributed by atoms with E-state index in [1.54, 1.807) is 0 Å². The number of hydrogen-bond donors (Lipinski definition) is 0. The van der Waals surface area contributed by atoms with E-state index in [1.165, 1.54) is 43.6 Å². The lowest BCUT2D eigenvalue weighted by Gasteiger charge is -2.34. The number of para-hydroxylation sites is 4. The summed E-state index contributed by atoms with van der Waals surface area (Å²) < 4.78 is 7.14. The Kier molecular flexibility index (Phi) is 6.23. The second kappa shape index (κ2) is 11.2. The van der Waals surface area contributed by atoms with Crippen molar-refractivity contribution >= 4 is 71.2 Å². The van der Waals surface area contributed by atoms with Crippen LogP contribution >= 0.6 is 0 Å². The normalized spacial score (nSPS) is 13.7. The van der Waals surface area contributed by atoms with Gasteiger partial charge in [-0.1, -0.05) is 129 Å². The van der Waals surface area contributed by atoms with E-state index in [0.29, 0.717) is 0 Å². The first-order chi connectivity index (χ1) is 27.5. The molecule has 0 spiro atoms. The number of rotatable bonds is 3. The topological polar surface area (TPSA) is 31.9 Å². The summed E-state index contributed by atoms with van der Waals surface area (Å²) in [5.41, 5.74) is 13.4. The molecular formula is C52H35N3O. The number of aromatic nitrogens is 3. The molecule has 0 amide bonds. The molecule has 0 atom stereocenters. The van der Waals surface area contributed by atoms with Crippen molar-refractivity contribution in [2.45, 2.75) is 19.3 Å². The van der Waals surface area contributed by atoms with Gasteiger partial charge in [0.25, 0.3) is 0 Å². The molecule has 8 aromatic carbocycles. The maximum absolute atomic E-state index is 14.3. The second-order valence-corrected chi connectivity index (χ2v) is 15.7. The van der Waals surface area contributed by atoms with Crippen molar-refractivity contribution in [1.82, 2.24) is 13.7 Å². The molecule has 56 heavy (non-hydrogen) atoms. The predicted molar refractivity (Wildman–Crippen MR) is 231 cm³/mol. The summed E-state index contributed by atoms with van der Waals surface area (Å²) in [6, 6.07) is 63.0. The van der Waals surface area contributed by atoms with E-state index in [-0.39, 0.29) is 11.2 Å². The number of carbonyl (C=O) groups is 1. The molecule has 11 aromatic rings. The Bertz CT molecular complexity index is 3200. The molecule has 0 fully saturated rings. The number of nitrogens with zero attached hydrogens (tertiary/aromatic N) is 3. The quantitative estimate of drug-likeness (QED) is 0.179. The minimum atomic E-state index is -0.313. The zero-order chi connectivity index (χ0) is 37.3. The van der Waals surface area contributed by atoms with E-state index in [2.05, 4.69) is 185 Å². The maximum Gasteiger partial charge on any atom is 0.193 e. The zero-order valence-corrected chi connectivity index (χ0v) is 31.0. The van der Waals surface area contributed by atoms with E-state index in [1.807, 2.05) is 18.2 Å². The fourth-order valence-electron chi connectivity index (χ4n) is 9.87. The summed E-state index contributed by atoms with van der Waals surface area (Å²) in [5.74, 6) is 0.0782. The standard InChI is InChI=1S/C52H35N3O/c1-52(2)43-18-8-3-17-41(43)51(56)42-29-32(25-28-44(42)52)55-49-30-33(53-45-19-9-4-13-35(45)36-14-5-10-20-46(36)53)23-26-39(49)40-27-24-34(31-50(40)55)54-47-21-11-6-15-37(47)38-16-7-12-22-48(38)54/h3-31H,1-2H3. The van der Waals surface area contributed by atoms with Gasteiger partial charge in [-0.15, -0.1) is 0 Å². The highest BCUT2D eigenvalue weighted by Crippen LogP contribution is 2.44. The Balaban J connectivity index is 1.17. The van der Waals surface area contributed by atoms with Crippen molar-refractivity contribution < 1.29 is 4.79 Å². The zero-order valence-electron chi connectivity index (χ0n) is 31.0. The molecule has 0 saturated carbocycles. The fraction of sp³-hybridized carbons (Fsp3) is 0.0577. The highest BCUT2D eigenvalue weighted by atomic mass is 16.1. The third-order valence-corrected chi connectivity index (χ3v) is 12.4. The molecule has 0 radical (unpaired) electrons. The van der Waals surface area contributed by atoms with Gasteiger partial charge in [-0.2, -0.15) is 0 Å². The SMILES string of the molecule is CC1(C)c2ccccc2C(=O)c2cc(-n3c4cc(-n5c6ccccc6c6ccccc65)ccc4c4ccc(-n5c6ccccc6c6ccccc65)cc43)ccc21. The largest absolute Gasteiger partial charge is 0.309 e. The lowest BCUT2D eigenvalue weighted by atomic mass is 9.68. The molecule has 1 aliphatic carbocycles. The van der Waals surface area contributed by atoms with Crippen LogP contribution in [0.5, 0.6) is 0 Å². The van der Waals surface area contributed by atoms with Gasteiger partial charge in [0.15, 0.2) is 5.78 Å². The molecular weight excluding hydrogens is 683 g/mol. The van der Waals surface area contributed by atoms with Crippen LogP contribution in [0.25, 0.3) is 82.5 Å². The molecule has 264 valence electrons. The summed E-state index contributed by atoms with van der Waals surface area (Å²) in [5, 5.41) is 7.25. The monoisotopic (exact) mass is 717 g/mol. The first-order valence-electron chi connectivity index (χ1n) is 19.3. The van der Waals surface area contributed by atoms with Gasteiger partial charge in [0.2, 0.25) is 0 Å². The van der Waals surface area contributed by atoms with Crippen LogP contribution in [0.4, 0.5) is 0 Å². The third kappa shape index (κ3) is 4.10. The van der Waals surface area contributed by atoms with Crippen LogP contribution in [0.1, 0.15) is 40.9 Å². The molecule has 3 aromatic heterocycles. The van der Waals surface area contributed by atoms with Crippen LogP contribution < -0.4 is 0 Å². The van der Waals surface area contributed by atoms with Crippen molar-refractivity contribution in [1.29, 1.82) is 0 Å². The number of benzene rings is 8. The average Bonchev–Trinajstić information content (AvgIpc) is 3.88. The second-order valence-electron chi connectivity index (χ2n) is 15.7. The van der Waals surface area contributed by atoms with Gasteiger partial charge in [-0.25, -0.2) is 0 Å². The predicted octanol–water partition coefficient (Wildman–Crippen LogP) is 12.8. The Morgan fingerprint density at radius 2 is 0.696 bits per heavy atom.